The number of hydrogen-bond acceptors (Lipinski definition) is 4. The highest BCUT2D eigenvalue weighted by Crippen LogP contribution is 2.18. The summed E-state index contributed by atoms with van der Waals surface area (Å²) in [5, 5.41) is 4.03. The molecule has 0 saturated carbocycles. The Morgan fingerprint density at radius 3 is 2.33 bits per heavy atom. The van der Waals surface area contributed by atoms with E-state index in [4.69, 9.17) is 9.57 Å². The molecule has 24 heavy (non-hydrogen) atoms. The van der Waals surface area contributed by atoms with Crippen molar-refractivity contribution in [2.24, 2.45) is 10.6 Å². The summed E-state index contributed by atoms with van der Waals surface area (Å²) in [5.74, 6) is -0.302. The number of esters is 1. The summed E-state index contributed by atoms with van der Waals surface area (Å²) in [6, 6.07) is 18.9. The summed E-state index contributed by atoms with van der Waals surface area (Å²) < 4.78 is 5.30. The van der Waals surface area contributed by atoms with E-state index >= 15 is 0 Å². The average Bonchev–Trinajstić information content (AvgIpc) is 2.60. The van der Waals surface area contributed by atoms with Gasteiger partial charge in [0.1, 0.15) is 6.61 Å². The highest BCUT2D eigenvalue weighted by Gasteiger charge is 2.17. The quantitative estimate of drug-likeness (QED) is 0.409. The van der Waals surface area contributed by atoms with Gasteiger partial charge in [0, 0.05) is 11.6 Å². The Balaban J connectivity index is 1.70. The fraction of sp³-hybridized carbons (Fsp3) is 0.300. The normalized spacial score (nSPS) is 11.4. The maximum atomic E-state index is 11.9. The molecule has 2 aromatic rings. The lowest BCUT2D eigenvalue weighted by atomic mass is 9.92. The molecule has 0 unspecified atom stereocenters. The zero-order valence-electron chi connectivity index (χ0n) is 14.1. The molecule has 0 bridgehead atoms. The van der Waals surface area contributed by atoms with Crippen LogP contribution in [0.5, 0.6) is 0 Å². The maximum absolute atomic E-state index is 11.9. The minimum Gasteiger partial charge on any atom is -0.462 e. The topological polar surface area (TPSA) is 47.9 Å². The molecule has 0 fully saturated rings. The lowest BCUT2D eigenvalue weighted by Crippen LogP contribution is -2.18. The van der Waals surface area contributed by atoms with Crippen molar-refractivity contribution in [1.82, 2.24) is 0 Å². The molecule has 0 saturated heterocycles. The molecule has 0 aromatic heterocycles. The average molecular weight is 325 g/mol. The molecule has 4 nitrogen and oxygen atoms in total. The Kier molecular flexibility index (Phi) is 6.55. The number of oxime groups is 1. The summed E-state index contributed by atoms with van der Waals surface area (Å²) in [4.78, 5) is 17.2. The van der Waals surface area contributed by atoms with Gasteiger partial charge in [0.05, 0.1) is 12.2 Å². The van der Waals surface area contributed by atoms with E-state index in [9.17, 15) is 4.79 Å². The first-order valence-corrected chi connectivity index (χ1v) is 7.99. The lowest BCUT2D eigenvalue weighted by molar-refractivity contribution is 0.0477. The number of hydrogen-bond donors (Lipinski definition) is 0. The molecule has 2 rings (SSSR count). The van der Waals surface area contributed by atoms with Crippen LogP contribution >= 0.6 is 0 Å². The van der Waals surface area contributed by atoms with Gasteiger partial charge >= 0.3 is 5.97 Å². The lowest BCUT2D eigenvalue weighted by Gasteiger charge is -2.18. The Labute approximate surface area is 143 Å². The first-order valence-electron chi connectivity index (χ1n) is 7.99. The Bertz CT molecular complexity index is 651. The van der Waals surface area contributed by atoms with E-state index in [-0.39, 0.29) is 11.4 Å². The molecule has 0 aliphatic heterocycles. The fourth-order valence-electron chi connectivity index (χ4n) is 1.99. The van der Waals surface area contributed by atoms with Crippen LogP contribution in [0, 0.1) is 5.41 Å². The molecule has 0 atom stereocenters. The predicted octanol–water partition coefficient (Wildman–Crippen LogP) is 4.46. The summed E-state index contributed by atoms with van der Waals surface area (Å²) in [5.41, 5.74) is 1.42. The van der Waals surface area contributed by atoms with E-state index in [2.05, 4.69) is 5.16 Å². The van der Waals surface area contributed by atoms with Crippen LogP contribution in [0.2, 0.25) is 0 Å². The van der Waals surface area contributed by atoms with Crippen LogP contribution in [-0.2, 0) is 16.2 Å². The number of ether oxygens (including phenoxy) is 1. The van der Waals surface area contributed by atoms with Gasteiger partial charge in [0.15, 0.2) is 0 Å². The fourth-order valence-corrected chi connectivity index (χ4v) is 1.99. The first-order chi connectivity index (χ1) is 11.6. The third-order valence-corrected chi connectivity index (χ3v) is 3.54. The molecule has 0 spiro atoms. The number of rotatable bonds is 8. The predicted molar refractivity (Wildman–Crippen MR) is 94.8 cm³/mol. The van der Waals surface area contributed by atoms with Gasteiger partial charge in [-0.3, -0.25) is 0 Å². The third-order valence-electron chi connectivity index (χ3n) is 3.54. The van der Waals surface area contributed by atoms with Crippen LogP contribution < -0.4 is 0 Å². The van der Waals surface area contributed by atoms with Crippen LogP contribution in [0.1, 0.15) is 36.2 Å². The minimum absolute atomic E-state index is 0.215. The molecule has 126 valence electrons. The van der Waals surface area contributed by atoms with E-state index in [1.165, 1.54) is 0 Å². The van der Waals surface area contributed by atoms with Crippen molar-refractivity contribution in [2.45, 2.75) is 26.9 Å². The van der Waals surface area contributed by atoms with E-state index in [1.807, 2.05) is 62.4 Å². The number of carbonyl (C=O) groups excluding carboxylic acids is 1. The van der Waals surface area contributed by atoms with Crippen LogP contribution in [0.4, 0.5) is 0 Å². The van der Waals surface area contributed by atoms with Gasteiger partial charge in [-0.05, 0) is 24.1 Å². The van der Waals surface area contributed by atoms with Crippen molar-refractivity contribution < 1.29 is 14.4 Å². The smallest absolute Gasteiger partial charge is 0.338 e. The van der Waals surface area contributed by atoms with Crippen molar-refractivity contribution in [1.29, 1.82) is 0 Å². The van der Waals surface area contributed by atoms with Gasteiger partial charge in [-0.25, -0.2) is 4.79 Å². The first kappa shape index (κ1) is 17.7. The Morgan fingerprint density at radius 1 is 1.04 bits per heavy atom. The zero-order chi connectivity index (χ0) is 17.3. The van der Waals surface area contributed by atoms with Crippen LogP contribution in [-0.4, -0.2) is 18.8 Å². The van der Waals surface area contributed by atoms with Crippen molar-refractivity contribution in [3.63, 3.8) is 0 Å². The summed E-state index contributed by atoms with van der Waals surface area (Å²) >= 11 is 0. The Hall–Kier alpha value is -2.62. The van der Waals surface area contributed by atoms with E-state index in [0.29, 0.717) is 25.2 Å². The SMILES string of the molecule is CC(C)(/C=N/OCc1ccccc1)CCOC(=O)c1ccccc1. The van der Waals surface area contributed by atoms with E-state index in [0.717, 1.165) is 5.56 Å². The summed E-state index contributed by atoms with van der Waals surface area (Å²) in [6.45, 7) is 4.83. The number of carbonyl (C=O) groups is 1. The molecule has 0 amide bonds. The molecule has 0 aliphatic rings. The Morgan fingerprint density at radius 2 is 1.67 bits per heavy atom. The van der Waals surface area contributed by atoms with Gasteiger partial charge in [0.25, 0.3) is 0 Å². The standard InChI is InChI=1S/C20H23NO3/c1-20(2,16-21-24-15-17-9-5-3-6-10-17)13-14-23-19(22)18-11-7-4-8-12-18/h3-12,16H,13-15H2,1-2H3/b21-16+. The van der Waals surface area contributed by atoms with Crippen molar-refractivity contribution in [2.75, 3.05) is 6.61 Å². The number of benzene rings is 2. The van der Waals surface area contributed by atoms with Crippen molar-refractivity contribution in [3.8, 4) is 0 Å². The zero-order valence-corrected chi connectivity index (χ0v) is 14.1. The summed E-state index contributed by atoms with van der Waals surface area (Å²) in [6.07, 6.45) is 2.43. The second kappa shape index (κ2) is 8.87. The highest BCUT2D eigenvalue weighted by atomic mass is 16.6. The number of nitrogens with zero attached hydrogens (tertiary/aromatic N) is 1. The van der Waals surface area contributed by atoms with Crippen LogP contribution in [0.25, 0.3) is 0 Å². The van der Waals surface area contributed by atoms with Crippen molar-refractivity contribution >= 4 is 12.2 Å². The molecule has 4 heteroatoms. The molecule has 0 aliphatic carbocycles. The van der Waals surface area contributed by atoms with Gasteiger partial charge in [-0.2, -0.15) is 0 Å². The van der Waals surface area contributed by atoms with E-state index < -0.39 is 0 Å². The minimum atomic E-state index is -0.302. The monoisotopic (exact) mass is 325 g/mol. The molecular formula is C20H23NO3. The molecule has 2 aromatic carbocycles. The van der Waals surface area contributed by atoms with Crippen molar-refractivity contribution in [3.05, 3.63) is 71.8 Å². The van der Waals surface area contributed by atoms with Gasteiger partial charge in [0.2, 0.25) is 0 Å². The van der Waals surface area contributed by atoms with E-state index in [1.54, 1.807) is 18.3 Å². The molecule has 0 radical (unpaired) electrons. The highest BCUT2D eigenvalue weighted by molar-refractivity contribution is 5.89. The summed E-state index contributed by atoms with van der Waals surface area (Å²) in [7, 11) is 0. The second-order valence-electron chi connectivity index (χ2n) is 6.23. The van der Waals surface area contributed by atoms with Gasteiger partial charge in [-0.1, -0.05) is 67.5 Å². The third kappa shape index (κ3) is 6.24. The molecular weight excluding hydrogens is 302 g/mol. The van der Waals surface area contributed by atoms with Gasteiger partial charge in [-0.15, -0.1) is 0 Å². The molecule has 0 N–H and O–H groups in total. The molecule has 0 heterocycles. The largest absolute Gasteiger partial charge is 0.462 e. The van der Waals surface area contributed by atoms with Crippen LogP contribution in [0.15, 0.2) is 65.8 Å². The van der Waals surface area contributed by atoms with Gasteiger partial charge < -0.3 is 9.57 Å². The van der Waals surface area contributed by atoms with Crippen LogP contribution in [0.3, 0.4) is 0 Å². The maximum Gasteiger partial charge on any atom is 0.338 e. The second-order valence-corrected chi connectivity index (χ2v) is 6.23.